The number of ether oxygens (including phenoxy) is 1. The Labute approximate surface area is 97.2 Å². The van der Waals surface area contributed by atoms with E-state index in [0.29, 0.717) is 13.2 Å². The Morgan fingerprint density at radius 3 is 2.71 bits per heavy atom. The van der Waals surface area contributed by atoms with Gasteiger partial charge in [-0.2, -0.15) is 0 Å². The number of nitrogens with one attached hydrogen (secondary N) is 1. The molecule has 0 aliphatic rings. The van der Waals surface area contributed by atoms with Crippen LogP contribution in [0.5, 0.6) is 0 Å². The summed E-state index contributed by atoms with van der Waals surface area (Å²) in [4.78, 5) is 28.2. The van der Waals surface area contributed by atoms with Crippen LogP contribution in [0.1, 0.15) is 13.3 Å². The van der Waals surface area contributed by atoms with E-state index in [9.17, 15) is 14.9 Å². The molecular formula is C9H12N4O4. The largest absolute Gasteiger partial charge is 0.466 e. The van der Waals surface area contributed by atoms with Gasteiger partial charge in [-0.15, -0.1) is 0 Å². The maximum absolute atomic E-state index is 11.0. The van der Waals surface area contributed by atoms with Crippen LogP contribution in [0.4, 0.5) is 11.6 Å². The fourth-order valence-corrected chi connectivity index (χ4v) is 1.02. The third kappa shape index (κ3) is 4.41. The highest BCUT2D eigenvalue weighted by atomic mass is 16.6. The molecule has 1 N–H and O–H groups in total. The Kier molecular flexibility index (Phi) is 4.79. The van der Waals surface area contributed by atoms with Gasteiger partial charge in [-0.3, -0.25) is 14.9 Å². The SMILES string of the molecule is CCOC(=O)CCNc1ncc([N+](=O)[O-])cn1. The summed E-state index contributed by atoms with van der Waals surface area (Å²) >= 11 is 0. The minimum atomic E-state index is -0.581. The molecule has 0 spiro atoms. The molecule has 0 amide bonds. The molecule has 0 saturated heterocycles. The first-order chi connectivity index (χ1) is 8.13. The Morgan fingerprint density at radius 2 is 2.18 bits per heavy atom. The van der Waals surface area contributed by atoms with Crippen molar-refractivity contribution in [2.75, 3.05) is 18.5 Å². The number of carbonyl (C=O) groups is 1. The predicted octanol–water partition coefficient (Wildman–Crippen LogP) is 0.750. The number of rotatable bonds is 6. The molecule has 0 saturated carbocycles. The maximum atomic E-state index is 11.0. The van der Waals surface area contributed by atoms with Crippen molar-refractivity contribution in [3.8, 4) is 0 Å². The summed E-state index contributed by atoms with van der Waals surface area (Å²) in [6.07, 6.45) is 2.38. The molecule has 0 aromatic carbocycles. The van der Waals surface area contributed by atoms with Gasteiger partial charge in [0.05, 0.1) is 18.0 Å². The first-order valence-corrected chi connectivity index (χ1v) is 4.99. The van der Waals surface area contributed by atoms with E-state index in [2.05, 4.69) is 15.3 Å². The Morgan fingerprint density at radius 1 is 1.53 bits per heavy atom. The van der Waals surface area contributed by atoms with Gasteiger partial charge < -0.3 is 10.1 Å². The molecule has 1 aromatic heterocycles. The quantitative estimate of drug-likeness (QED) is 0.444. The van der Waals surface area contributed by atoms with Crippen LogP contribution in [0.3, 0.4) is 0 Å². The first kappa shape index (κ1) is 12.8. The predicted molar refractivity (Wildman–Crippen MR) is 58.4 cm³/mol. The molecular weight excluding hydrogens is 228 g/mol. The fraction of sp³-hybridized carbons (Fsp3) is 0.444. The van der Waals surface area contributed by atoms with E-state index in [1.165, 1.54) is 0 Å². The molecule has 8 heteroatoms. The smallest absolute Gasteiger partial charge is 0.307 e. The molecule has 8 nitrogen and oxygen atoms in total. The fourth-order valence-electron chi connectivity index (χ4n) is 1.02. The first-order valence-electron chi connectivity index (χ1n) is 4.99. The van der Waals surface area contributed by atoms with Crippen LogP contribution < -0.4 is 5.32 Å². The van der Waals surface area contributed by atoms with E-state index < -0.39 is 4.92 Å². The highest BCUT2D eigenvalue weighted by Crippen LogP contribution is 2.07. The third-order valence-corrected chi connectivity index (χ3v) is 1.77. The van der Waals surface area contributed by atoms with Gasteiger partial charge in [0, 0.05) is 6.54 Å². The standard InChI is InChI=1S/C9H12N4O4/c1-2-17-8(14)3-4-10-9-11-5-7(6-12-9)13(15)16/h5-6H,2-4H2,1H3,(H,10,11,12). The number of carbonyl (C=O) groups excluding carboxylic acids is 1. The molecule has 0 unspecified atom stereocenters. The zero-order valence-corrected chi connectivity index (χ0v) is 9.25. The second-order valence-corrected chi connectivity index (χ2v) is 3.00. The van der Waals surface area contributed by atoms with Crippen molar-refractivity contribution in [1.29, 1.82) is 0 Å². The summed E-state index contributed by atoms with van der Waals surface area (Å²) in [5.41, 5.74) is -0.180. The Balaban J connectivity index is 2.37. The summed E-state index contributed by atoms with van der Waals surface area (Å²) in [6, 6.07) is 0. The summed E-state index contributed by atoms with van der Waals surface area (Å²) < 4.78 is 4.72. The highest BCUT2D eigenvalue weighted by molar-refractivity contribution is 5.69. The lowest BCUT2D eigenvalue weighted by Crippen LogP contribution is -2.12. The number of aromatic nitrogens is 2. The van der Waals surface area contributed by atoms with Crippen LogP contribution in [0.25, 0.3) is 0 Å². The lowest BCUT2D eigenvalue weighted by molar-refractivity contribution is -0.385. The minimum Gasteiger partial charge on any atom is -0.466 e. The van der Waals surface area contributed by atoms with Gasteiger partial charge in [-0.05, 0) is 6.92 Å². The van der Waals surface area contributed by atoms with Gasteiger partial charge in [0.2, 0.25) is 5.95 Å². The van der Waals surface area contributed by atoms with Crippen molar-refractivity contribution >= 4 is 17.6 Å². The van der Waals surface area contributed by atoms with Crippen LogP contribution in [0.15, 0.2) is 12.4 Å². The average molecular weight is 240 g/mol. The Hall–Kier alpha value is -2.25. The number of anilines is 1. The van der Waals surface area contributed by atoms with Crippen molar-refractivity contribution in [2.24, 2.45) is 0 Å². The van der Waals surface area contributed by atoms with E-state index in [4.69, 9.17) is 4.74 Å². The molecule has 0 aliphatic heterocycles. The summed E-state index contributed by atoms with van der Waals surface area (Å²) in [6.45, 7) is 2.38. The lowest BCUT2D eigenvalue weighted by Gasteiger charge is -2.03. The number of hydrogen-bond donors (Lipinski definition) is 1. The molecule has 92 valence electrons. The average Bonchev–Trinajstić information content (AvgIpc) is 2.30. The number of nitro groups is 1. The highest BCUT2D eigenvalue weighted by Gasteiger charge is 2.06. The van der Waals surface area contributed by atoms with Gasteiger partial charge >= 0.3 is 11.7 Å². The van der Waals surface area contributed by atoms with E-state index in [0.717, 1.165) is 12.4 Å². The molecule has 0 fully saturated rings. The number of hydrogen-bond acceptors (Lipinski definition) is 7. The van der Waals surface area contributed by atoms with Crippen LogP contribution in [0.2, 0.25) is 0 Å². The molecule has 1 heterocycles. The molecule has 1 rings (SSSR count). The topological polar surface area (TPSA) is 107 Å². The monoisotopic (exact) mass is 240 g/mol. The number of nitrogens with zero attached hydrogens (tertiary/aromatic N) is 3. The van der Waals surface area contributed by atoms with E-state index in [1.54, 1.807) is 6.92 Å². The summed E-state index contributed by atoms with van der Waals surface area (Å²) in [7, 11) is 0. The molecule has 0 radical (unpaired) electrons. The second-order valence-electron chi connectivity index (χ2n) is 3.00. The molecule has 0 aliphatic carbocycles. The van der Waals surface area contributed by atoms with Crippen LogP contribution in [-0.4, -0.2) is 34.0 Å². The van der Waals surface area contributed by atoms with Gasteiger partial charge in [0.1, 0.15) is 12.4 Å². The summed E-state index contributed by atoms with van der Waals surface area (Å²) in [5.74, 6) is -0.0817. The van der Waals surface area contributed by atoms with Gasteiger partial charge in [0.15, 0.2) is 0 Å². The zero-order chi connectivity index (χ0) is 12.7. The minimum absolute atomic E-state index is 0.180. The normalized spacial score (nSPS) is 9.71. The van der Waals surface area contributed by atoms with Crippen molar-refractivity contribution in [2.45, 2.75) is 13.3 Å². The van der Waals surface area contributed by atoms with Crippen LogP contribution in [0, 0.1) is 10.1 Å². The molecule has 0 bridgehead atoms. The maximum Gasteiger partial charge on any atom is 0.307 e. The van der Waals surface area contributed by atoms with E-state index in [-0.39, 0.29) is 24.0 Å². The third-order valence-electron chi connectivity index (χ3n) is 1.77. The van der Waals surface area contributed by atoms with E-state index >= 15 is 0 Å². The number of esters is 1. The van der Waals surface area contributed by atoms with Crippen LogP contribution >= 0.6 is 0 Å². The molecule has 0 atom stereocenters. The Bertz CT molecular complexity index is 392. The van der Waals surface area contributed by atoms with Crippen molar-refractivity contribution in [3.63, 3.8) is 0 Å². The molecule has 17 heavy (non-hydrogen) atoms. The van der Waals surface area contributed by atoms with Crippen LogP contribution in [-0.2, 0) is 9.53 Å². The van der Waals surface area contributed by atoms with E-state index in [1.807, 2.05) is 0 Å². The van der Waals surface area contributed by atoms with Crippen molar-refractivity contribution < 1.29 is 14.5 Å². The van der Waals surface area contributed by atoms with Crippen molar-refractivity contribution in [1.82, 2.24) is 9.97 Å². The molecule has 1 aromatic rings. The second kappa shape index (κ2) is 6.36. The van der Waals surface area contributed by atoms with Gasteiger partial charge in [-0.1, -0.05) is 0 Å². The van der Waals surface area contributed by atoms with Crippen molar-refractivity contribution in [3.05, 3.63) is 22.5 Å². The van der Waals surface area contributed by atoms with Gasteiger partial charge in [0.25, 0.3) is 0 Å². The lowest BCUT2D eigenvalue weighted by atomic mass is 10.4. The van der Waals surface area contributed by atoms with Gasteiger partial charge in [-0.25, -0.2) is 9.97 Å². The summed E-state index contributed by atoms with van der Waals surface area (Å²) in [5, 5.41) is 13.1. The zero-order valence-electron chi connectivity index (χ0n) is 9.25.